The summed E-state index contributed by atoms with van der Waals surface area (Å²) in [6.07, 6.45) is 0. The zero-order chi connectivity index (χ0) is 14.0. The quantitative estimate of drug-likeness (QED) is 0.657. The van der Waals surface area contributed by atoms with Crippen molar-refractivity contribution in [3.8, 4) is 0 Å². The lowest BCUT2D eigenvalue weighted by molar-refractivity contribution is 1.14. The van der Waals surface area contributed by atoms with Crippen LogP contribution in [0.2, 0.25) is 15.1 Å². The second-order valence-electron chi connectivity index (χ2n) is 4.18. The van der Waals surface area contributed by atoms with E-state index in [9.17, 15) is 0 Å². The van der Waals surface area contributed by atoms with Crippen molar-refractivity contribution < 1.29 is 0 Å². The number of halogens is 4. The molecule has 2 rings (SSSR count). The van der Waals surface area contributed by atoms with Crippen LogP contribution in [0.1, 0.15) is 11.1 Å². The second-order valence-corrected chi connectivity index (χ2v) is 6.29. The van der Waals surface area contributed by atoms with Crippen LogP contribution >= 0.6 is 50.7 Å². The molecule has 0 heterocycles. The fraction of sp³-hybridized carbons (Fsp3) is 0.143. The lowest BCUT2D eigenvalue weighted by Crippen LogP contribution is -2.01. The maximum Gasteiger partial charge on any atom is 0.0722 e. The van der Waals surface area contributed by atoms with Gasteiger partial charge >= 0.3 is 0 Å². The van der Waals surface area contributed by atoms with Crippen molar-refractivity contribution >= 4 is 56.4 Å². The molecule has 19 heavy (non-hydrogen) atoms. The number of benzene rings is 2. The summed E-state index contributed by atoms with van der Waals surface area (Å²) in [6, 6.07) is 9.53. The maximum atomic E-state index is 6.12. The first kappa shape index (κ1) is 15.0. The molecule has 5 heteroatoms. The molecule has 1 nitrogen and oxygen atoms in total. The molecule has 0 atom stereocenters. The molecule has 0 saturated carbocycles. The number of aryl methyl sites for hydroxylation is 1. The van der Waals surface area contributed by atoms with E-state index in [2.05, 4.69) is 39.4 Å². The van der Waals surface area contributed by atoms with Gasteiger partial charge in [-0.2, -0.15) is 0 Å². The molecule has 1 N–H and O–H groups in total. The number of hydrogen-bond acceptors (Lipinski definition) is 1. The van der Waals surface area contributed by atoms with E-state index in [-0.39, 0.29) is 0 Å². The first-order valence-corrected chi connectivity index (χ1v) is 7.53. The number of anilines is 1. The Morgan fingerprint density at radius 2 is 1.68 bits per heavy atom. The molecule has 0 aliphatic carbocycles. The third-order valence-electron chi connectivity index (χ3n) is 2.71. The van der Waals surface area contributed by atoms with E-state index in [0.717, 1.165) is 10.0 Å². The Balaban J connectivity index is 2.16. The third kappa shape index (κ3) is 3.79. The topological polar surface area (TPSA) is 12.0 Å². The number of nitrogens with one attached hydrogen (secondary N) is 1. The summed E-state index contributed by atoms with van der Waals surface area (Å²) in [5.41, 5.74) is 3.04. The highest BCUT2D eigenvalue weighted by Crippen LogP contribution is 2.34. The summed E-state index contributed by atoms with van der Waals surface area (Å²) < 4.78 is 1.08. The summed E-state index contributed by atoms with van der Waals surface area (Å²) in [7, 11) is 0. The molecule has 0 saturated heterocycles. The normalized spacial score (nSPS) is 10.6. The van der Waals surface area contributed by atoms with Crippen LogP contribution < -0.4 is 5.32 Å². The van der Waals surface area contributed by atoms with Crippen LogP contribution in [0.5, 0.6) is 0 Å². The van der Waals surface area contributed by atoms with Gasteiger partial charge in [0.05, 0.1) is 15.7 Å². The maximum absolute atomic E-state index is 6.12. The van der Waals surface area contributed by atoms with Crippen LogP contribution in [0.3, 0.4) is 0 Å². The molecular formula is C14H11BrCl3N. The van der Waals surface area contributed by atoms with Gasteiger partial charge in [-0.05, 0) is 36.2 Å². The molecule has 100 valence electrons. The number of hydrogen-bond donors (Lipinski definition) is 1. The zero-order valence-corrected chi connectivity index (χ0v) is 14.0. The molecule has 0 aliphatic rings. The third-order valence-corrected chi connectivity index (χ3v) is 4.38. The van der Waals surface area contributed by atoms with E-state index in [0.29, 0.717) is 27.3 Å². The van der Waals surface area contributed by atoms with E-state index in [1.54, 1.807) is 12.1 Å². The molecule has 0 unspecified atom stereocenters. The SMILES string of the molecule is Cc1ccc(CNc2c(Cl)cc(Cl)cc2Cl)cc1Br. The van der Waals surface area contributed by atoms with Gasteiger partial charge in [0.1, 0.15) is 0 Å². The monoisotopic (exact) mass is 377 g/mol. The fourth-order valence-corrected chi connectivity index (χ4v) is 3.02. The summed E-state index contributed by atoms with van der Waals surface area (Å²) in [5, 5.41) is 4.79. The van der Waals surface area contributed by atoms with Crippen molar-refractivity contribution in [2.75, 3.05) is 5.32 Å². The summed E-state index contributed by atoms with van der Waals surface area (Å²) >= 11 is 21.6. The average molecular weight is 380 g/mol. The van der Waals surface area contributed by atoms with Gasteiger partial charge in [-0.1, -0.05) is 62.9 Å². The summed E-state index contributed by atoms with van der Waals surface area (Å²) in [4.78, 5) is 0. The Morgan fingerprint density at radius 3 is 2.26 bits per heavy atom. The minimum Gasteiger partial charge on any atom is -0.379 e. The van der Waals surface area contributed by atoms with Gasteiger partial charge in [-0.3, -0.25) is 0 Å². The van der Waals surface area contributed by atoms with E-state index < -0.39 is 0 Å². The van der Waals surface area contributed by atoms with Crippen molar-refractivity contribution in [3.63, 3.8) is 0 Å². The van der Waals surface area contributed by atoms with Gasteiger partial charge in [-0.25, -0.2) is 0 Å². The van der Waals surface area contributed by atoms with Gasteiger partial charge in [0.15, 0.2) is 0 Å². The van der Waals surface area contributed by atoms with Gasteiger partial charge < -0.3 is 5.32 Å². The standard InChI is InChI=1S/C14H11BrCl3N/c1-8-2-3-9(4-11(8)15)7-19-14-12(17)5-10(16)6-13(14)18/h2-6,19H,7H2,1H3. The summed E-state index contributed by atoms with van der Waals surface area (Å²) in [6.45, 7) is 2.69. The Labute approximate surface area is 136 Å². The van der Waals surface area contributed by atoms with Crippen LogP contribution in [0, 0.1) is 6.92 Å². The van der Waals surface area contributed by atoms with Gasteiger partial charge in [-0.15, -0.1) is 0 Å². The van der Waals surface area contributed by atoms with Crippen molar-refractivity contribution in [1.82, 2.24) is 0 Å². The first-order valence-electron chi connectivity index (χ1n) is 5.61. The molecule has 0 spiro atoms. The van der Waals surface area contributed by atoms with Crippen molar-refractivity contribution in [2.45, 2.75) is 13.5 Å². The molecule has 2 aromatic rings. The Hall–Kier alpha value is -0.410. The van der Waals surface area contributed by atoms with E-state index >= 15 is 0 Å². The largest absolute Gasteiger partial charge is 0.379 e. The zero-order valence-electron chi connectivity index (χ0n) is 10.1. The summed E-state index contributed by atoms with van der Waals surface area (Å²) in [5.74, 6) is 0. The number of rotatable bonds is 3. The van der Waals surface area contributed by atoms with Crippen LogP contribution in [-0.2, 0) is 6.54 Å². The molecule has 0 amide bonds. The van der Waals surface area contributed by atoms with Gasteiger partial charge in [0.25, 0.3) is 0 Å². The van der Waals surface area contributed by atoms with Crippen molar-refractivity contribution in [1.29, 1.82) is 0 Å². The Bertz CT molecular complexity index is 591. The highest BCUT2D eigenvalue weighted by Gasteiger charge is 2.07. The molecule has 0 fully saturated rings. The van der Waals surface area contributed by atoms with Crippen molar-refractivity contribution in [2.24, 2.45) is 0 Å². The van der Waals surface area contributed by atoms with E-state index in [1.165, 1.54) is 5.56 Å². The van der Waals surface area contributed by atoms with E-state index in [4.69, 9.17) is 34.8 Å². The minimum absolute atomic E-state index is 0.517. The van der Waals surface area contributed by atoms with Gasteiger partial charge in [0, 0.05) is 16.0 Å². The molecule has 0 aromatic heterocycles. The van der Waals surface area contributed by atoms with Crippen LogP contribution in [0.15, 0.2) is 34.8 Å². The average Bonchev–Trinajstić information content (AvgIpc) is 2.32. The fourth-order valence-electron chi connectivity index (χ4n) is 1.65. The predicted molar refractivity (Wildman–Crippen MR) is 87.7 cm³/mol. The minimum atomic E-state index is 0.517. The van der Waals surface area contributed by atoms with Gasteiger partial charge in [0.2, 0.25) is 0 Å². The molecule has 0 aliphatic heterocycles. The lowest BCUT2D eigenvalue weighted by Gasteiger charge is -2.11. The van der Waals surface area contributed by atoms with Crippen LogP contribution in [0.25, 0.3) is 0 Å². The molecule has 0 bridgehead atoms. The lowest BCUT2D eigenvalue weighted by atomic mass is 10.1. The van der Waals surface area contributed by atoms with Crippen LogP contribution in [0.4, 0.5) is 5.69 Å². The Morgan fingerprint density at radius 1 is 1.05 bits per heavy atom. The van der Waals surface area contributed by atoms with E-state index in [1.807, 2.05) is 6.92 Å². The first-order chi connectivity index (χ1) is 8.97. The highest BCUT2D eigenvalue weighted by molar-refractivity contribution is 9.10. The molecule has 2 aromatic carbocycles. The predicted octanol–water partition coefficient (Wildman–Crippen LogP) is 6.33. The highest BCUT2D eigenvalue weighted by atomic mass is 79.9. The second kappa shape index (κ2) is 6.36. The van der Waals surface area contributed by atoms with Crippen LogP contribution in [-0.4, -0.2) is 0 Å². The Kier molecular flexibility index (Phi) is 5.02. The molecule has 0 radical (unpaired) electrons. The van der Waals surface area contributed by atoms with Crippen molar-refractivity contribution in [3.05, 3.63) is 61.0 Å². The molecular weight excluding hydrogens is 368 g/mol. The smallest absolute Gasteiger partial charge is 0.0722 e.